The van der Waals surface area contributed by atoms with Crippen molar-refractivity contribution in [1.29, 1.82) is 0 Å². The van der Waals surface area contributed by atoms with Gasteiger partial charge in [0.15, 0.2) is 0 Å². The fourth-order valence-corrected chi connectivity index (χ4v) is 3.29. The van der Waals surface area contributed by atoms with E-state index in [1.807, 2.05) is 20.8 Å². The van der Waals surface area contributed by atoms with E-state index in [2.05, 4.69) is 38.1 Å². The van der Waals surface area contributed by atoms with Crippen LogP contribution in [0.5, 0.6) is 0 Å². The first kappa shape index (κ1) is 16.0. The Hall–Kier alpha value is -1.35. The lowest BCUT2D eigenvalue weighted by Gasteiger charge is -2.19. The van der Waals surface area contributed by atoms with Gasteiger partial charge in [0.2, 0.25) is 5.60 Å². The van der Waals surface area contributed by atoms with Crippen LogP contribution in [0.2, 0.25) is 0 Å². The molecule has 3 heteroatoms. The minimum absolute atomic E-state index is 0.0605. The van der Waals surface area contributed by atoms with E-state index in [-0.39, 0.29) is 11.9 Å². The molecule has 1 heterocycles. The molecule has 0 bridgehead atoms. The molecule has 0 spiro atoms. The van der Waals surface area contributed by atoms with Gasteiger partial charge in [-0.25, -0.2) is 4.79 Å². The third-order valence-electron chi connectivity index (χ3n) is 4.48. The van der Waals surface area contributed by atoms with Gasteiger partial charge in [0.25, 0.3) is 0 Å². The Labute approximate surface area is 127 Å². The van der Waals surface area contributed by atoms with E-state index in [0.717, 1.165) is 12.0 Å². The maximum atomic E-state index is 12.2. The number of hydrogen-bond acceptors (Lipinski definition) is 3. The van der Waals surface area contributed by atoms with Gasteiger partial charge >= 0.3 is 5.97 Å². The Morgan fingerprint density at radius 2 is 1.76 bits per heavy atom. The van der Waals surface area contributed by atoms with Crippen molar-refractivity contribution in [2.24, 2.45) is 11.8 Å². The quantitative estimate of drug-likeness (QED) is 0.613. The number of hydrogen-bond donors (Lipinski definition) is 0. The topological polar surface area (TPSA) is 38.8 Å². The molecule has 0 saturated carbocycles. The summed E-state index contributed by atoms with van der Waals surface area (Å²) in [6, 6.07) is 8.41. The van der Waals surface area contributed by atoms with E-state index in [1.54, 1.807) is 0 Å². The normalized spacial score (nSPS) is 28.0. The van der Waals surface area contributed by atoms with Crippen LogP contribution >= 0.6 is 0 Å². The van der Waals surface area contributed by atoms with Crippen molar-refractivity contribution in [1.82, 2.24) is 0 Å². The smallest absolute Gasteiger partial charge is 0.341 e. The van der Waals surface area contributed by atoms with E-state index in [9.17, 15) is 4.79 Å². The van der Waals surface area contributed by atoms with E-state index in [4.69, 9.17) is 9.47 Å². The van der Waals surface area contributed by atoms with E-state index < -0.39 is 11.2 Å². The SMILES string of the molecule is COC(=O)C1(C(C)C)OC1(C)c1ccc(CC(C)C)cc1. The number of methoxy groups -OCH3 is 1. The molecule has 1 aliphatic heterocycles. The van der Waals surface area contributed by atoms with Gasteiger partial charge in [-0.05, 0) is 36.3 Å². The molecule has 116 valence electrons. The summed E-state index contributed by atoms with van der Waals surface area (Å²) < 4.78 is 10.9. The minimum Gasteiger partial charge on any atom is -0.467 e. The second-order valence-corrected chi connectivity index (χ2v) is 6.81. The Morgan fingerprint density at radius 3 is 2.19 bits per heavy atom. The molecule has 1 saturated heterocycles. The van der Waals surface area contributed by atoms with Crippen LogP contribution in [-0.2, 0) is 26.3 Å². The molecule has 0 aliphatic carbocycles. The van der Waals surface area contributed by atoms with Crippen LogP contribution in [0.15, 0.2) is 24.3 Å². The van der Waals surface area contributed by atoms with Gasteiger partial charge < -0.3 is 9.47 Å². The van der Waals surface area contributed by atoms with Gasteiger partial charge in [0.05, 0.1) is 7.11 Å². The highest BCUT2D eigenvalue weighted by atomic mass is 16.7. The van der Waals surface area contributed by atoms with Crippen molar-refractivity contribution >= 4 is 5.97 Å². The van der Waals surface area contributed by atoms with E-state index >= 15 is 0 Å². The molecule has 0 radical (unpaired) electrons. The van der Waals surface area contributed by atoms with Crippen LogP contribution in [0, 0.1) is 11.8 Å². The third-order valence-corrected chi connectivity index (χ3v) is 4.48. The second kappa shape index (κ2) is 5.45. The predicted octanol–water partition coefficient (Wildman–Crippen LogP) is 3.70. The lowest BCUT2D eigenvalue weighted by atomic mass is 9.80. The number of esters is 1. The number of ether oxygens (including phenoxy) is 2. The first-order valence-corrected chi connectivity index (χ1v) is 7.66. The Morgan fingerprint density at radius 1 is 1.19 bits per heavy atom. The van der Waals surface area contributed by atoms with E-state index in [1.165, 1.54) is 12.7 Å². The monoisotopic (exact) mass is 290 g/mol. The summed E-state index contributed by atoms with van der Waals surface area (Å²) in [5, 5.41) is 0. The summed E-state index contributed by atoms with van der Waals surface area (Å²) >= 11 is 0. The number of rotatable bonds is 5. The number of epoxide rings is 1. The van der Waals surface area contributed by atoms with Gasteiger partial charge in [-0.2, -0.15) is 0 Å². The Kier molecular flexibility index (Phi) is 4.16. The summed E-state index contributed by atoms with van der Waals surface area (Å²) in [5.41, 5.74) is 0.895. The van der Waals surface area contributed by atoms with Crippen molar-refractivity contribution in [3.8, 4) is 0 Å². The molecule has 3 nitrogen and oxygen atoms in total. The van der Waals surface area contributed by atoms with Crippen molar-refractivity contribution in [3.05, 3.63) is 35.4 Å². The number of benzene rings is 1. The highest BCUT2D eigenvalue weighted by molar-refractivity contribution is 5.85. The fourth-order valence-electron chi connectivity index (χ4n) is 3.29. The molecular weight excluding hydrogens is 264 g/mol. The van der Waals surface area contributed by atoms with Gasteiger partial charge in [0.1, 0.15) is 5.60 Å². The number of carbonyl (C=O) groups is 1. The van der Waals surface area contributed by atoms with Crippen molar-refractivity contribution in [2.45, 2.75) is 52.2 Å². The van der Waals surface area contributed by atoms with Crippen molar-refractivity contribution in [2.75, 3.05) is 7.11 Å². The van der Waals surface area contributed by atoms with Crippen LogP contribution < -0.4 is 0 Å². The highest BCUT2D eigenvalue weighted by Gasteiger charge is 2.75. The Bertz CT molecular complexity index is 518. The highest BCUT2D eigenvalue weighted by Crippen LogP contribution is 2.60. The summed E-state index contributed by atoms with van der Waals surface area (Å²) in [5.74, 6) is 0.407. The largest absolute Gasteiger partial charge is 0.467 e. The van der Waals surface area contributed by atoms with Gasteiger partial charge in [-0.3, -0.25) is 0 Å². The van der Waals surface area contributed by atoms with Crippen molar-refractivity contribution < 1.29 is 14.3 Å². The minimum atomic E-state index is -0.860. The molecule has 1 aromatic carbocycles. The third kappa shape index (κ3) is 2.48. The second-order valence-electron chi connectivity index (χ2n) is 6.81. The van der Waals surface area contributed by atoms with Gasteiger partial charge in [0, 0.05) is 0 Å². The first-order chi connectivity index (χ1) is 9.77. The molecule has 2 rings (SSSR count). The lowest BCUT2D eigenvalue weighted by molar-refractivity contribution is -0.148. The average Bonchev–Trinajstić information content (AvgIpc) is 3.07. The molecule has 1 fully saturated rings. The van der Waals surface area contributed by atoms with Crippen LogP contribution in [0.1, 0.15) is 45.7 Å². The van der Waals surface area contributed by atoms with Crippen LogP contribution in [-0.4, -0.2) is 18.7 Å². The molecule has 21 heavy (non-hydrogen) atoms. The zero-order chi connectivity index (χ0) is 15.8. The Balaban J connectivity index is 2.28. The molecule has 0 amide bonds. The first-order valence-electron chi connectivity index (χ1n) is 7.66. The summed E-state index contributed by atoms with van der Waals surface area (Å²) in [6.45, 7) is 10.4. The molecular formula is C18H26O3. The average molecular weight is 290 g/mol. The van der Waals surface area contributed by atoms with Crippen LogP contribution in [0.25, 0.3) is 0 Å². The molecule has 0 aromatic heterocycles. The fraction of sp³-hybridized carbons (Fsp3) is 0.611. The predicted molar refractivity (Wildman–Crippen MR) is 83.0 cm³/mol. The zero-order valence-electron chi connectivity index (χ0n) is 13.9. The number of carbonyl (C=O) groups excluding carboxylic acids is 1. The van der Waals surface area contributed by atoms with E-state index in [0.29, 0.717) is 5.92 Å². The summed E-state index contributed by atoms with van der Waals surface area (Å²) in [7, 11) is 1.42. The maximum Gasteiger partial charge on any atom is 0.341 e. The van der Waals surface area contributed by atoms with Gasteiger partial charge in [-0.15, -0.1) is 0 Å². The molecule has 1 aliphatic rings. The molecule has 2 unspecified atom stereocenters. The summed E-state index contributed by atoms with van der Waals surface area (Å²) in [4.78, 5) is 12.2. The van der Waals surface area contributed by atoms with Gasteiger partial charge in [-0.1, -0.05) is 52.0 Å². The molecule has 1 aromatic rings. The lowest BCUT2D eigenvalue weighted by Crippen LogP contribution is -2.37. The summed E-state index contributed by atoms with van der Waals surface area (Å²) in [6.07, 6.45) is 1.06. The van der Waals surface area contributed by atoms with Crippen LogP contribution in [0.4, 0.5) is 0 Å². The maximum absolute atomic E-state index is 12.2. The molecule has 2 atom stereocenters. The molecule has 0 N–H and O–H groups in total. The zero-order valence-corrected chi connectivity index (χ0v) is 13.9. The van der Waals surface area contributed by atoms with Crippen molar-refractivity contribution in [3.63, 3.8) is 0 Å². The standard InChI is InChI=1S/C18H26O3/c1-12(2)11-14-7-9-15(10-8-14)17(5)18(21-17,13(3)4)16(19)20-6/h7-10,12-13H,11H2,1-6H3. The van der Waals surface area contributed by atoms with Crippen LogP contribution in [0.3, 0.4) is 0 Å².